The van der Waals surface area contributed by atoms with Crippen molar-refractivity contribution in [2.24, 2.45) is 11.8 Å². The summed E-state index contributed by atoms with van der Waals surface area (Å²) in [6.07, 6.45) is 56.9. The van der Waals surface area contributed by atoms with Crippen LogP contribution in [0.2, 0.25) is 0 Å². The van der Waals surface area contributed by atoms with Crippen LogP contribution in [0.3, 0.4) is 0 Å². The molecule has 24 heteroatoms. The lowest BCUT2D eigenvalue weighted by atomic mass is 9.91. The lowest BCUT2D eigenvalue weighted by Crippen LogP contribution is -2.43. The lowest BCUT2D eigenvalue weighted by molar-refractivity contribution is 0.420. The molecule has 25 unspecified atom stereocenters. The Morgan fingerprint density at radius 3 is 1.98 bits per heavy atom. The fourth-order valence-electron chi connectivity index (χ4n) is 12.8. The van der Waals surface area contributed by atoms with Crippen LogP contribution in [-0.2, 0) is 0 Å². The number of rotatable bonds is 7. The molecular weight excluding hydrogens is 1530 g/mol. The summed E-state index contributed by atoms with van der Waals surface area (Å²) in [6, 6.07) is 0. The third-order valence-corrected chi connectivity index (χ3v) is 59.4. The standard InChI is InChI=1S/C63H92S24/c1-7-12-24-42-34-46-36-47-35-43-25-17-15-13-14-16-23-39(9-3)55-63-59-51-30-29-50-58-60(83-66-41(21-8-2)33-45(65-73-50)27-20-26-44(69-82-59)32-40(10-4)64-79-55)52-31-38(6)22-18-19-28-49(74-78-52)57(81-67-42)62(86-85-58)54(77-70-46)37-53(76-71-47)61(84-75-51)56(80-68-43)48(11-5)72-87-63/h11-12,17,19-20,24-25,27-30,37-52,54-63H,5,7-10,13-16,18,21-23,26,31-36H2,1-4,6H3/b24-12+,25-17+,27-20+,28-19-,30-29+,53-37-. The minimum Gasteiger partial charge on any atom is -0.102 e. The first-order chi connectivity index (χ1) is 42.8. The Kier molecular flexibility index (Phi) is 34.2. The Morgan fingerprint density at radius 2 is 1.14 bits per heavy atom. The predicted octanol–water partition coefficient (Wildman–Crippen LogP) is 27.8. The monoisotopic (exact) mass is 1620 g/mol. The predicted molar refractivity (Wildman–Crippen MR) is 456 cm³/mol. The first-order valence-electron chi connectivity index (χ1n) is 32.3. The molecule has 0 spiro atoms. The fraction of sp³-hybridized carbons (Fsp3) is 0.778. The molecule has 0 N–H and O–H groups in total. The van der Waals surface area contributed by atoms with Crippen LogP contribution in [0.1, 0.15) is 157 Å². The summed E-state index contributed by atoms with van der Waals surface area (Å²) in [6.45, 7) is 17.4. The van der Waals surface area contributed by atoms with Crippen molar-refractivity contribution in [3.63, 3.8) is 0 Å². The summed E-state index contributed by atoms with van der Waals surface area (Å²) >= 11 is 0. The van der Waals surface area contributed by atoms with E-state index in [1.807, 2.05) is 0 Å². The molecule has 0 nitrogen and oxygen atoms in total. The van der Waals surface area contributed by atoms with Crippen LogP contribution in [0.15, 0.2) is 84.4 Å². The molecule has 13 bridgehead atoms. The Hall–Kier alpha value is 6.58. The molecule has 0 radical (unpaired) electrons. The Balaban J connectivity index is 1.16. The molecular formula is C63H92S24. The molecule has 6 saturated heterocycles. The lowest BCUT2D eigenvalue weighted by Gasteiger charge is -2.44. The number of hydrogen-bond acceptors (Lipinski definition) is 24. The number of allylic oxidation sites excluding steroid dienone is 4. The van der Waals surface area contributed by atoms with Crippen LogP contribution in [-0.4, -0.2) is 121 Å². The summed E-state index contributed by atoms with van der Waals surface area (Å²) in [5.74, 6) is 1.40. The fourth-order valence-corrected chi connectivity index (χ4v) is 62.6. The summed E-state index contributed by atoms with van der Waals surface area (Å²) in [4.78, 5) is 1.67. The van der Waals surface area contributed by atoms with Crippen molar-refractivity contribution < 1.29 is 0 Å². The van der Waals surface area contributed by atoms with E-state index in [-0.39, 0.29) is 0 Å². The van der Waals surface area contributed by atoms with Crippen molar-refractivity contribution in [3.05, 3.63) is 84.4 Å². The van der Waals surface area contributed by atoms with Crippen molar-refractivity contribution in [1.29, 1.82) is 0 Å². The maximum atomic E-state index is 4.89. The summed E-state index contributed by atoms with van der Waals surface area (Å²) in [5, 5.41) is 11.2. The van der Waals surface area contributed by atoms with Gasteiger partial charge in [-0.1, -0.05) is 392 Å². The van der Waals surface area contributed by atoms with E-state index in [0.29, 0.717) is 133 Å². The molecule has 10 rings (SSSR count). The average Bonchev–Trinajstić information content (AvgIpc) is 2.34. The van der Waals surface area contributed by atoms with Gasteiger partial charge in [-0.3, -0.25) is 0 Å². The Bertz CT molecular complexity index is 2280. The molecule has 0 aromatic heterocycles. The number of hydrogen-bond donors (Lipinski definition) is 0. The zero-order valence-corrected chi connectivity index (χ0v) is 70.4. The van der Waals surface area contributed by atoms with Crippen LogP contribution in [0.5, 0.6) is 0 Å². The summed E-state index contributed by atoms with van der Waals surface area (Å²) in [5.41, 5.74) is 0. The molecule has 0 aliphatic carbocycles. The number of fused-ring (bicyclic) bond motifs is 25. The molecule has 488 valence electrons. The zero-order valence-electron chi connectivity index (χ0n) is 50.8. The van der Waals surface area contributed by atoms with Gasteiger partial charge in [-0.2, -0.15) is 0 Å². The second-order valence-corrected chi connectivity index (χ2v) is 56.9. The van der Waals surface area contributed by atoms with Gasteiger partial charge in [0.1, 0.15) is 0 Å². The second kappa shape index (κ2) is 39.9. The van der Waals surface area contributed by atoms with E-state index in [1.165, 1.54) is 116 Å². The maximum absolute atomic E-state index is 4.89. The molecule has 10 aliphatic rings. The maximum Gasteiger partial charge on any atom is 0.0607 e. The van der Waals surface area contributed by atoms with Gasteiger partial charge in [-0.25, -0.2) is 0 Å². The second-order valence-electron chi connectivity index (χ2n) is 24.7. The topological polar surface area (TPSA) is 0 Å². The van der Waals surface area contributed by atoms with Crippen LogP contribution in [0.25, 0.3) is 0 Å². The van der Waals surface area contributed by atoms with Crippen LogP contribution in [0, 0.1) is 11.8 Å². The highest BCUT2D eigenvalue weighted by Crippen LogP contribution is 2.66. The van der Waals surface area contributed by atoms with Gasteiger partial charge in [0.25, 0.3) is 0 Å². The zero-order chi connectivity index (χ0) is 59.9. The quantitative estimate of drug-likeness (QED) is 0.175. The van der Waals surface area contributed by atoms with Gasteiger partial charge >= 0.3 is 0 Å². The van der Waals surface area contributed by atoms with Crippen molar-refractivity contribution in [1.82, 2.24) is 0 Å². The molecule has 0 amide bonds. The van der Waals surface area contributed by atoms with Crippen LogP contribution in [0.4, 0.5) is 0 Å². The van der Waals surface area contributed by atoms with Gasteiger partial charge in [0.15, 0.2) is 0 Å². The van der Waals surface area contributed by atoms with Gasteiger partial charge in [-0.15, -0.1) is 6.58 Å². The highest BCUT2D eigenvalue weighted by atomic mass is 33.1. The van der Waals surface area contributed by atoms with Gasteiger partial charge in [0.2, 0.25) is 0 Å². The largest absolute Gasteiger partial charge is 0.102 e. The summed E-state index contributed by atoms with van der Waals surface area (Å²) in [7, 11) is 56.0. The molecule has 6 fully saturated rings. The smallest absolute Gasteiger partial charge is 0.0607 e. The van der Waals surface area contributed by atoms with Crippen LogP contribution >= 0.6 is 259 Å². The molecule has 10 aliphatic heterocycles. The summed E-state index contributed by atoms with van der Waals surface area (Å²) < 4.78 is 0. The minimum atomic E-state index is 0.313. The van der Waals surface area contributed by atoms with E-state index in [1.54, 1.807) is 4.91 Å². The molecule has 0 aromatic carbocycles. The highest BCUT2D eigenvalue weighted by molar-refractivity contribution is 8.84. The first-order valence-corrected chi connectivity index (χ1v) is 59.6. The molecule has 87 heavy (non-hydrogen) atoms. The minimum absolute atomic E-state index is 0.313. The van der Waals surface area contributed by atoms with E-state index >= 15 is 0 Å². The van der Waals surface area contributed by atoms with Gasteiger partial charge < -0.3 is 0 Å². The van der Waals surface area contributed by atoms with E-state index in [0.717, 1.165) is 6.42 Å². The molecule has 10 heterocycles. The molecule has 25 atom stereocenters. The SMILES string of the molecule is C=CC1SSC2C3SSC(CC)CC4C/C=C/C5CC(CCC)SSC6C7CC(C)CC/C=C\C(SS7)C7SSC(/C=C/CC)CC8CC9CC(/C=C/CCCCCC3CC)SSC1C1SSC(/C=C/C(SS5)C6SSC7C(/C=C/1SS9)SS8)C2SS4. The van der Waals surface area contributed by atoms with Crippen molar-refractivity contribution in [2.75, 3.05) is 0 Å². The van der Waals surface area contributed by atoms with Gasteiger partial charge in [0, 0.05) is 120 Å². The van der Waals surface area contributed by atoms with Crippen molar-refractivity contribution in [2.45, 2.75) is 277 Å². The average molecular weight is 1620 g/mol. The van der Waals surface area contributed by atoms with E-state index in [9.17, 15) is 0 Å². The van der Waals surface area contributed by atoms with Gasteiger partial charge in [-0.05, 0) is 108 Å². The van der Waals surface area contributed by atoms with E-state index in [2.05, 4.69) is 367 Å². The van der Waals surface area contributed by atoms with Crippen LogP contribution < -0.4 is 0 Å². The first kappa shape index (κ1) is 74.8. The Morgan fingerprint density at radius 1 is 0.471 bits per heavy atom. The highest BCUT2D eigenvalue weighted by Gasteiger charge is 2.50. The molecule has 0 saturated carbocycles. The third kappa shape index (κ3) is 21.6. The van der Waals surface area contributed by atoms with Crippen molar-refractivity contribution >= 4 is 259 Å². The third-order valence-electron chi connectivity index (χ3n) is 17.9. The Labute approximate surface area is 623 Å². The van der Waals surface area contributed by atoms with Gasteiger partial charge in [0.05, 0.1) is 5.25 Å². The molecule has 0 aromatic rings. The van der Waals surface area contributed by atoms with E-state index in [4.69, 9.17) is 6.58 Å². The van der Waals surface area contributed by atoms with E-state index < -0.39 is 0 Å². The van der Waals surface area contributed by atoms with Crippen molar-refractivity contribution in [3.8, 4) is 0 Å². The normalized spacial score (nSPS) is 47.0.